The van der Waals surface area contributed by atoms with Gasteiger partial charge in [0.1, 0.15) is 16.5 Å². The molecule has 1 unspecified atom stereocenters. The van der Waals surface area contributed by atoms with Gasteiger partial charge in [-0.05, 0) is 19.1 Å². The molecule has 2 N–H and O–H groups in total. The summed E-state index contributed by atoms with van der Waals surface area (Å²) in [5.41, 5.74) is 0.367. The molecule has 0 aliphatic heterocycles. The Morgan fingerprint density at radius 3 is 2.71 bits per heavy atom. The van der Waals surface area contributed by atoms with Gasteiger partial charge in [0, 0.05) is 5.56 Å². The molecule has 0 aliphatic rings. The number of phenolic OH excluding ortho intramolecular Hbond substituents is 1. The van der Waals surface area contributed by atoms with Gasteiger partial charge in [-0.15, -0.1) is 0 Å². The Hall–Kier alpha value is -1.19. The van der Waals surface area contributed by atoms with Crippen LogP contribution in [0.4, 0.5) is 0 Å². The second kappa shape index (κ2) is 4.35. The van der Waals surface area contributed by atoms with E-state index in [4.69, 9.17) is 16.3 Å². The lowest BCUT2D eigenvalue weighted by atomic mass is 10.1. The fourth-order valence-electron chi connectivity index (χ4n) is 1.08. The normalized spacial score (nSPS) is 12.2. The van der Waals surface area contributed by atoms with Crippen LogP contribution in [0.15, 0.2) is 25.0 Å². The van der Waals surface area contributed by atoms with E-state index in [-0.39, 0.29) is 10.8 Å². The monoisotopic (exact) mass is 214 g/mol. The van der Waals surface area contributed by atoms with Crippen molar-refractivity contribution in [3.05, 3.63) is 35.6 Å². The smallest absolute Gasteiger partial charge is 0.148 e. The molecule has 0 heterocycles. The van der Waals surface area contributed by atoms with E-state index >= 15 is 0 Å². The van der Waals surface area contributed by atoms with Crippen LogP contribution in [0.1, 0.15) is 18.6 Å². The summed E-state index contributed by atoms with van der Waals surface area (Å²) in [6.07, 6.45) is 0.438. The molecule has 1 rings (SSSR count). The maximum atomic E-state index is 9.57. The van der Waals surface area contributed by atoms with E-state index in [9.17, 15) is 10.2 Å². The molecule has 1 aromatic carbocycles. The van der Waals surface area contributed by atoms with E-state index < -0.39 is 6.10 Å². The highest BCUT2D eigenvalue weighted by Gasteiger charge is 2.14. The van der Waals surface area contributed by atoms with Gasteiger partial charge in [0.2, 0.25) is 0 Å². The van der Waals surface area contributed by atoms with Gasteiger partial charge in [-0.2, -0.15) is 0 Å². The number of rotatable bonds is 3. The van der Waals surface area contributed by atoms with Gasteiger partial charge < -0.3 is 14.9 Å². The van der Waals surface area contributed by atoms with E-state index in [1.807, 2.05) is 0 Å². The molecule has 0 bridgehead atoms. The third-order valence-corrected chi connectivity index (χ3v) is 2.14. The minimum Gasteiger partial charge on any atom is -0.506 e. The highest BCUT2D eigenvalue weighted by atomic mass is 35.5. The van der Waals surface area contributed by atoms with Crippen LogP contribution in [-0.2, 0) is 0 Å². The lowest BCUT2D eigenvalue weighted by molar-refractivity contribution is 0.195. The van der Waals surface area contributed by atoms with Crippen LogP contribution in [0.3, 0.4) is 0 Å². The van der Waals surface area contributed by atoms with Crippen molar-refractivity contribution in [3.63, 3.8) is 0 Å². The number of aromatic hydroxyl groups is 1. The zero-order valence-corrected chi connectivity index (χ0v) is 8.45. The quantitative estimate of drug-likeness (QED) is 0.761. The van der Waals surface area contributed by atoms with E-state index in [1.54, 1.807) is 19.1 Å². The minimum atomic E-state index is -0.773. The molecule has 0 radical (unpaired) electrons. The predicted molar refractivity (Wildman–Crippen MR) is 54.6 cm³/mol. The molecule has 0 amide bonds. The Morgan fingerprint density at radius 2 is 2.21 bits per heavy atom. The highest BCUT2D eigenvalue weighted by Crippen LogP contribution is 2.38. The molecular formula is C10H11ClO3. The fourth-order valence-corrected chi connectivity index (χ4v) is 1.30. The number of benzene rings is 1. The number of aliphatic hydroxyl groups excluding tert-OH is 1. The van der Waals surface area contributed by atoms with Crippen molar-refractivity contribution in [2.45, 2.75) is 13.0 Å². The van der Waals surface area contributed by atoms with Crippen LogP contribution in [-0.4, -0.2) is 10.2 Å². The molecule has 76 valence electrons. The standard InChI is InChI=1S/C10H11ClO3/c1-3-14-8-5-4-7(6(2)12)10(13)9(8)11/h3-6,12-13H,1H2,2H3. The van der Waals surface area contributed by atoms with E-state index in [1.165, 1.54) is 6.26 Å². The average molecular weight is 215 g/mol. The first-order chi connectivity index (χ1) is 6.57. The predicted octanol–water partition coefficient (Wildman–Crippen LogP) is 2.62. The zero-order chi connectivity index (χ0) is 10.7. The second-order valence-corrected chi connectivity index (χ2v) is 3.15. The first kappa shape index (κ1) is 10.9. The summed E-state index contributed by atoms with van der Waals surface area (Å²) < 4.78 is 4.94. The topological polar surface area (TPSA) is 49.7 Å². The van der Waals surface area contributed by atoms with Crippen molar-refractivity contribution in [2.24, 2.45) is 0 Å². The maximum Gasteiger partial charge on any atom is 0.148 e. The van der Waals surface area contributed by atoms with Crippen LogP contribution in [0.5, 0.6) is 11.5 Å². The van der Waals surface area contributed by atoms with Gasteiger partial charge in [-0.1, -0.05) is 18.2 Å². The lowest BCUT2D eigenvalue weighted by Gasteiger charge is -2.11. The molecule has 1 aromatic rings. The molecular weight excluding hydrogens is 204 g/mol. The lowest BCUT2D eigenvalue weighted by Crippen LogP contribution is -1.93. The van der Waals surface area contributed by atoms with E-state index in [0.29, 0.717) is 11.3 Å². The number of aliphatic hydroxyl groups is 1. The zero-order valence-electron chi connectivity index (χ0n) is 7.70. The van der Waals surface area contributed by atoms with Crippen LogP contribution in [0.25, 0.3) is 0 Å². The van der Waals surface area contributed by atoms with Crippen molar-refractivity contribution in [1.82, 2.24) is 0 Å². The van der Waals surface area contributed by atoms with Crippen molar-refractivity contribution >= 4 is 11.6 Å². The van der Waals surface area contributed by atoms with Crippen LogP contribution >= 0.6 is 11.6 Å². The van der Waals surface area contributed by atoms with E-state index in [0.717, 1.165) is 0 Å². The molecule has 14 heavy (non-hydrogen) atoms. The van der Waals surface area contributed by atoms with Gasteiger partial charge in [0.15, 0.2) is 0 Å². The van der Waals surface area contributed by atoms with Gasteiger partial charge >= 0.3 is 0 Å². The molecule has 0 aromatic heterocycles. The fraction of sp³-hybridized carbons (Fsp3) is 0.200. The Bertz CT molecular complexity index is 347. The van der Waals surface area contributed by atoms with Crippen molar-refractivity contribution in [2.75, 3.05) is 0 Å². The number of halogens is 1. The Labute approximate surface area is 87.2 Å². The number of phenols is 1. The van der Waals surface area contributed by atoms with Crippen molar-refractivity contribution in [3.8, 4) is 11.5 Å². The van der Waals surface area contributed by atoms with Gasteiger partial charge in [-0.3, -0.25) is 0 Å². The molecule has 0 saturated carbocycles. The summed E-state index contributed by atoms with van der Waals surface area (Å²) in [6.45, 7) is 4.91. The van der Waals surface area contributed by atoms with Crippen molar-refractivity contribution in [1.29, 1.82) is 0 Å². The third-order valence-electron chi connectivity index (χ3n) is 1.77. The summed E-state index contributed by atoms with van der Waals surface area (Å²) in [5, 5.41) is 18.9. The molecule has 3 nitrogen and oxygen atoms in total. The molecule has 0 fully saturated rings. The van der Waals surface area contributed by atoms with Gasteiger partial charge in [-0.25, -0.2) is 0 Å². The molecule has 0 aliphatic carbocycles. The Kier molecular flexibility index (Phi) is 3.38. The third kappa shape index (κ3) is 2.00. The highest BCUT2D eigenvalue weighted by molar-refractivity contribution is 6.33. The van der Waals surface area contributed by atoms with E-state index in [2.05, 4.69) is 6.58 Å². The Balaban J connectivity index is 3.18. The number of hydrogen-bond donors (Lipinski definition) is 2. The van der Waals surface area contributed by atoms with Crippen LogP contribution in [0, 0.1) is 0 Å². The average Bonchev–Trinajstić information content (AvgIpc) is 2.13. The minimum absolute atomic E-state index is 0.0725. The summed E-state index contributed by atoms with van der Waals surface area (Å²) in [7, 11) is 0. The first-order valence-electron chi connectivity index (χ1n) is 4.05. The molecule has 0 spiro atoms. The number of ether oxygens (including phenoxy) is 1. The maximum absolute atomic E-state index is 9.57. The van der Waals surface area contributed by atoms with Crippen LogP contribution in [0.2, 0.25) is 5.02 Å². The number of hydrogen-bond acceptors (Lipinski definition) is 3. The van der Waals surface area contributed by atoms with Gasteiger partial charge in [0.05, 0.1) is 12.4 Å². The largest absolute Gasteiger partial charge is 0.506 e. The summed E-state index contributed by atoms with van der Waals surface area (Å²) in [4.78, 5) is 0. The second-order valence-electron chi connectivity index (χ2n) is 2.78. The summed E-state index contributed by atoms with van der Waals surface area (Å²) >= 11 is 5.79. The van der Waals surface area contributed by atoms with Crippen molar-refractivity contribution < 1.29 is 14.9 Å². The SMILES string of the molecule is C=COc1ccc(C(C)O)c(O)c1Cl. The summed E-state index contributed by atoms with van der Waals surface area (Å²) in [6, 6.07) is 3.11. The van der Waals surface area contributed by atoms with Gasteiger partial charge in [0.25, 0.3) is 0 Å². The Morgan fingerprint density at radius 1 is 1.57 bits per heavy atom. The molecule has 4 heteroatoms. The molecule has 1 atom stereocenters. The molecule has 0 saturated heterocycles. The first-order valence-corrected chi connectivity index (χ1v) is 4.42. The van der Waals surface area contributed by atoms with Crippen LogP contribution < -0.4 is 4.74 Å². The summed E-state index contributed by atoms with van der Waals surface area (Å²) in [5.74, 6) is 0.143.